The lowest BCUT2D eigenvalue weighted by atomic mass is 10.0. The summed E-state index contributed by atoms with van der Waals surface area (Å²) in [6, 6.07) is 5.76. The van der Waals surface area contributed by atoms with Gasteiger partial charge in [-0.2, -0.15) is 0 Å². The van der Waals surface area contributed by atoms with Crippen LogP contribution in [0.4, 0.5) is 0 Å². The Morgan fingerprint density at radius 1 is 1.23 bits per heavy atom. The smallest absolute Gasteiger partial charge is 0.255 e. The summed E-state index contributed by atoms with van der Waals surface area (Å²) in [6.45, 7) is 6.41. The molecule has 0 unspecified atom stereocenters. The first-order valence-electron chi connectivity index (χ1n) is 9.21. The summed E-state index contributed by atoms with van der Waals surface area (Å²) < 4.78 is 17.0. The zero-order valence-corrected chi connectivity index (χ0v) is 16.9. The predicted octanol–water partition coefficient (Wildman–Crippen LogP) is 2.41. The van der Waals surface area contributed by atoms with E-state index in [1.807, 2.05) is 23.1 Å². The molecule has 0 atom stereocenters. The number of halogens is 1. The Kier molecular flexibility index (Phi) is 7.31. The lowest BCUT2D eigenvalue weighted by molar-refractivity contribution is 0.0140. The van der Waals surface area contributed by atoms with Gasteiger partial charge in [0.2, 0.25) is 0 Å². The normalized spacial score (nSPS) is 19.3. The van der Waals surface area contributed by atoms with Crippen LogP contribution in [0.3, 0.4) is 0 Å². The number of morpholine rings is 1. The van der Waals surface area contributed by atoms with Crippen LogP contribution in [0, 0.1) is 0 Å². The monoisotopic (exact) mass is 426 g/mol. The maximum atomic E-state index is 13.4. The summed E-state index contributed by atoms with van der Waals surface area (Å²) in [7, 11) is 1.62. The van der Waals surface area contributed by atoms with Crippen LogP contribution in [0.2, 0.25) is 0 Å². The summed E-state index contributed by atoms with van der Waals surface area (Å²) in [6.07, 6.45) is 1.77. The number of ether oxygens (including phenoxy) is 3. The second-order valence-corrected chi connectivity index (χ2v) is 7.50. The van der Waals surface area contributed by atoms with Crippen LogP contribution in [0.25, 0.3) is 0 Å². The van der Waals surface area contributed by atoms with Crippen LogP contribution in [0.5, 0.6) is 5.75 Å². The highest BCUT2D eigenvalue weighted by atomic mass is 79.9. The van der Waals surface area contributed by atoms with Crippen LogP contribution in [-0.4, -0.2) is 81.5 Å². The predicted molar refractivity (Wildman–Crippen MR) is 103 cm³/mol. The third kappa shape index (κ3) is 4.97. The maximum Gasteiger partial charge on any atom is 0.255 e. The van der Waals surface area contributed by atoms with Gasteiger partial charge in [-0.25, -0.2) is 0 Å². The Morgan fingerprint density at radius 2 is 1.92 bits per heavy atom. The van der Waals surface area contributed by atoms with E-state index in [0.29, 0.717) is 31.1 Å². The molecule has 0 radical (unpaired) electrons. The molecule has 1 aromatic rings. The van der Waals surface area contributed by atoms with E-state index < -0.39 is 0 Å². The molecular formula is C19H27BrN2O4. The van der Waals surface area contributed by atoms with Gasteiger partial charge in [-0.15, -0.1) is 0 Å². The van der Waals surface area contributed by atoms with Crippen molar-refractivity contribution in [1.29, 1.82) is 0 Å². The molecule has 1 aromatic carbocycles. The van der Waals surface area contributed by atoms with E-state index in [9.17, 15) is 4.79 Å². The first-order valence-corrected chi connectivity index (χ1v) is 10.0. The first-order chi connectivity index (χ1) is 12.7. The molecule has 7 heteroatoms. The Bertz CT molecular complexity index is 601. The van der Waals surface area contributed by atoms with Crippen molar-refractivity contribution in [3.63, 3.8) is 0 Å². The van der Waals surface area contributed by atoms with E-state index in [-0.39, 0.29) is 11.9 Å². The molecule has 2 aliphatic heterocycles. The number of carbonyl (C=O) groups excluding carboxylic acids is 1. The molecule has 0 bridgehead atoms. The Morgan fingerprint density at radius 3 is 2.62 bits per heavy atom. The van der Waals surface area contributed by atoms with Gasteiger partial charge in [-0.3, -0.25) is 9.69 Å². The fourth-order valence-electron chi connectivity index (χ4n) is 3.47. The van der Waals surface area contributed by atoms with E-state index in [2.05, 4.69) is 20.8 Å². The molecule has 0 saturated carbocycles. The van der Waals surface area contributed by atoms with Gasteiger partial charge in [0.05, 0.1) is 25.9 Å². The van der Waals surface area contributed by atoms with Crippen molar-refractivity contribution < 1.29 is 19.0 Å². The Balaban J connectivity index is 1.76. The highest BCUT2D eigenvalue weighted by Crippen LogP contribution is 2.26. The van der Waals surface area contributed by atoms with Gasteiger partial charge in [-0.05, 0) is 47.0 Å². The number of hydrogen-bond acceptors (Lipinski definition) is 5. The van der Waals surface area contributed by atoms with Crippen molar-refractivity contribution in [3.8, 4) is 5.75 Å². The molecule has 0 aromatic heterocycles. The van der Waals surface area contributed by atoms with E-state index in [4.69, 9.17) is 14.2 Å². The molecule has 2 heterocycles. The van der Waals surface area contributed by atoms with Crippen molar-refractivity contribution in [2.24, 2.45) is 0 Å². The van der Waals surface area contributed by atoms with E-state index >= 15 is 0 Å². The van der Waals surface area contributed by atoms with Crippen LogP contribution < -0.4 is 4.74 Å². The molecule has 1 amide bonds. The minimum atomic E-state index is 0.0518. The lowest BCUT2D eigenvalue weighted by Crippen LogP contribution is -2.48. The van der Waals surface area contributed by atoms with E-state index in [0.717, 1.165) is 50.2 Å². The molecule has 144 valence electrons. The summed E-state index contributed by atoms with van der Waals surface area (Å²) in [5.41, 5.74) is 0.651. The van der Waals surface area contributed by atoms with Gasteiger partial charge < -0.3 is 19.1 Å². The third-order valence-electron chi connectivity index (χ3n) is 5.06. The average Bonchev–Trinajstić information content (AvgIpc) is 2.70. The number of benzene rings is 1. The molecule has 0 N–H and O–H groups in total. The molecule has 0 aliphatic carbocycles. The van der Waals surface area contributed by atoms with Crippen molar-refractivity contribution >= 4 is 21.8 Å². The fourth-order valence-corrected chi connectivity index (χ4v) is 3.89. The maximum absolute atomic E-state index is 13.4. The van der Waals surface area contributed by atoms with Gasteiger partial charge >= 0.3 is 0 Å². The fraction of sp³-hybridized carbons (Fsp3) is 0.632. The Hall–Kier alpha value is -1.15. The first kappa shape index (κ1) is 19.6. The zero-order chi connectivity index (χ0) is 18.4. The number of amides is 1. The Labute approximate surface area is 163 Å². The number of methoxy groups -OCH3 is 1. The summed E-state index contributed by atoms with van der Waals surface area (Å²) in [4.78, 5) is 17.8. The van der Waals surface area contributed by atoms with Crippen LogP contribution in [0.15, 0.2) is 22.7 Å². The highest BCUT2D eigenvalue weighted by Gasteiger charge is 2.28. The number of rotatable bonds is 6. The van der Waals surface area contributed by atoms with Crippen molar-refractivity contribution in [3.05, 3.63) is 28.2 Å². The second-order valence-electron chi connectivity index (χ2n) is 6.64. The van der Waals surface area contributed by atoms with Crippen LogP contribution in [-0.2, 0) is 9.47 Å². The molecule has 26 heavy (non-hydrogen) atoms. The summed E-state index contributed by atoms with van der Waals surface area (Å²) in [5, 5.41) is 0. The standard InChI is InChI=1S/C19H27BrN2O4/c1-24-16-2-3-18(20)17(14-16)19(23)22(15-4-10-25-11-5-15)7-6-21-8-12-26-13-9-21/h2-3,14-15H,4-13H2,1H3. The molecule has 2 fully saturated rings. The van der Waals surface area contributed by atoms with Gasteiger partial charge in [0.15, 0.2) is 0 Å². The van der Waals surface area contributed by atoms with Crippen molar-refractivity contribution in [1.82, 2.24) is 9.80 Å². The SMILES string of the molecule is COc1ccc(Br)c(C(=O)N(CCN2CCOCC2)C2CCOCC2)c1. The molecule has 3 rings (SSSR count). The minimum absolute atomic E-state index is 0.0518. The molecular weight excluding hydrogens is 400 g/mol. The molecule has 0 spiro atoms. The van der Waals surface area contributed by atoms with Gasteiger partial charge in [0.1, 0.15) is 5.75 Å². The van der Waals surface area contributed by atoms with Gasteiger partial charge in [-0.1, -0.05) is 0 Å². The molecule has 2 saturated heterocycles. The van der Waals surface area contributed by atoms with Crippen molar-refractivity contribution in [2.75, 3.05) is 59.7 Å². The van der Waals surface area contributed by atoms with Gasteiger partial charge in [0.25, 0.3) is 5.91 Å². The number of hydrogen-bond donors (Lipinski definition) is 0. The lowest BCUT2D eigenvalue weighted by Gasteiger charge is -2.36. The number of nitrogens with zero attached hydrogens (tertiary/aromatic N) is 2. The quantitative estimate of drug-likeness (QED) is 0.698. The van der Waals surface area contributed by atoms with Crippen molar-refractivity contribution in [2.45, 2.75) is 18.9 Å². The molecule has 6 nitrogen and oxygen atoms in total. The summed E-state index contributed by atoms with van der Waals surface area (Å²) >= 11 is 3.53. The summed E-state index contributed by atoms with van der Waals surface area (Å²) in [5.74, 6) is 0.743. The minimum Gasteiger partial charge on any atom is -0.497 e. The zero-order valence-electron chi connectivity index (χ0n) is 15.3. The topological polar surface area (TPSA) is 51.2 Å². The number of carbonyl (C=O) groups is 1. The average molecular weight is 427 g/mol. The van der Waals surface area contributed by atoms with Crippen LogP contribution in [0.1, 0.15) is 23.2 Å². The second kappa shape index (κ2) is 9.69. The highest BCUT2D eigenvalue weighted by molar-refractivity contribution is 9.10. The third-order valence-corrected chi connectivity index (χ3v) is 5.75. The molecule has 2 aliphatic rings. The largest absolute Gasteiger partial charge is 0.497 e. The van der Waals surface area contributed by atoms with E-state index in [1.165, 1.54) is 0 Å². The van der Waals surface area contributed by atoms with Crippen LogP contribution >= 0.6 is 15.9 Å². The van der Waals surface area contributed by atoms with E-state index in [1.54, 1.807) is 7.11 Å². The van der Waals surface area contributed by atoms with Gasteiger partial charge in [0, 0.05) is 49.9 Å².